The van der Waals surface area contributed by atoms with Gasteiger partial charge in [0.2, 0.25) is 0 Å². The number of nitrogens with zero attached hydrogens (tertiary/aromatic N) is 1. The van der Waals surface area contributed by atoms with Crippen molar-refractivity contribution in [3.8, 4) is 5.75 Å². The smallest absolute Gasteiger partial charge is 0.344 e. The molecule has 0 saturated carbocycles. The Hall–Kier alpha value is -2.55. The third kappa shape index (κ3) is 7.05. The first kappa shape index (κ1) is 23.7. The number of halogens is 2. The number of rotatable bonds is 10. The number of amides is 1. The molecule has 1 heterocycles. The van der Waals surface area contributed by atoms with Gasteiger partial charge in [0.1, 0.15) is 5.75 Å². The molecule has 2 aromatic rings. The second-order valence-corrected chi connectivity index (χ2v) is 7.03. The normalized spacial score (nSPS) is 11.6. The third-order valence-corrected chi connectivity index (χ3v) is 4.64. The number of ether oxygens (including phenoxy) is 2. The number of aliphatic hydroxyl groups is 1. The van der Waals surface area contributed by atoms with Crippen LogP contribution in [0.1, 0.15) is 30.7 Å². The van der Waals surface area contributed by atoms with Crippen LogP contribution in [0.3, 0.4) is 0 Å². The minimum absolute atomic E-state index is 0.0232. The molecular weight excluding hydrogens is 433 g/mol. The number of benzene rings is 1. The number of hydrogen-bond donors (Lipinski definition) is 3. The first-order valence-electron chi connectivity index (χ1n) is 9.26. The Labute approximate surface area is 184 Å². The Morgan fingerprint density at radius 1 is 1.27 bits per heavy atom. The van der Waals surface area contributed by atoms with Crippen LogP contribution in [-0.4, -0.2) is 41.7 Å². The SMILES string of the molecule is CCOC(=O)COc1ccc(CCCNC(=O)C(O)c2cc(Cl)c(N)c(Cl)n2)cc1. The van der Waals surface area contributed by atoms with Crippen molar-refractivity contribution in [2.45, 2.75) is 25.9 Å². The molecule has 8 nitrogen and oxygen atoms in total. The fourth-order valence-corrected chi connectivity index (χ4v) is 2.93. The summed E-state index contributed by atoms with van der Waals surface area (Å²) >= 11 is 11.7. The van der Waals surface area contributed by atoms with Gasteiger partial charge in [-0.15, -0.1) is 0 Å². The number of aromatic nitrogens is 1. The van der Waals surface area contributed by atoms with E-state index in [0.29, 0.717) is 31.7 Å². The second-order valence-electron chi connectivity index (χ2n) is 6.27. The van der Waals surface area contributed by atoms with Crippen molar-refractivity contribution in [1.29, 1.82) is 0 Å². The van der Waals surface area contributed by atoms with Crippen LogP contribution in [0.15, 0.2) is 30.3 Å². The molecule has 0 aliphatic carbocycles. The molecule has 0 fully saturated rings. The molecule has 1 atom stereocenters. The summed E-state index contributed by atoms with van der Waals surface area (Å²) in [4.78, 5) is 27.3. The Bertz CT molecular complexity index is 854. The molecule has 0 radical (unpaired) electrons. The number of pyridine rings is 1. The average Bonchev–Trinajstić information content (AvgIpc) is 2.73. The lowest BCUT2D eigenvalue weighted by Gasteiger charge is -2.12. The van der Waals surface area contributed by atoms with Gasteiger partial charge < -0.3 is 25.6 Å². The highest BCUT2D eigenvalue weighted by Gasteiger charge is 2.20. The molecule has 1 unspecified atom stereocenters. The Morgan fingerprint density at radius 2 is 1.97 bits per heavy atom. The van der Waals surface area contributed by atoms with Crippen LogP contribution in [0.25, 0.3) is 0 Å². The molecule has 0 bridgehead atoms. The standard InChI is InChI=1S/C20H23Cl2N3O5/c1-2-29-16(26)11-30-13-7-5-12(6-8-13)4-3-9-24-20(28)18(27)15-10-14(21)17(23)19(22)25-15/h5-8,10,18,27H,2-4,9,11,23H2,1H3,(H,24,28). The molecule has 0 saturated heterocycles. The van der Waals surface area contributed by atoms with Crippen LogP contribution in [0.2, 0.25) is 10.2 Å². The van der Waals surface area contributed by atoms with Gasteiger partial charge in [-0.2, -0.15) is 0 Å². The third-order valence-electron chi connectivity index (χ3n) is 4.04. The molecule has 10 heteroatoms. The number of nitrogens with two attached hydrogens (primary N) is 1. The van der Waals surface area contributed by atoms with E-state index in [1.165, 1.54) is 6.07 Å². The maximum Gasteiger partial charge on any atom is 0.344 e. The van der Waals surface area contributed by atoms with Gasteiger partial charge in [-0.3, -0.25) is 4.79 Å². The zero-order chi connectivity index (χ0) is 22.1. The van der Waals surface area contributed by atoms with E-state index in [2.05, 4.69) is 10.3 Å². The molecule has 0 aliphatic rings. The van der Waals surface area contributed by atoms with Crippen LogP contribution < -0.4 is 15.8 Å². The maximum atomic E-state index is 12.1. The lowest BCUT2D eigenvalue weighted by Crippen LogP contribution is -2.30. The lowest BCUT2D eigenvalue weighted by atomic mass is 10.1. The monoisotopic (exact) mass is 455 g/mol. The summed E-state index contributed by atoms with van der Waals surface area (Å²) in [5, 5.41) is 12.8. The number of anilines is 1. The number of aliphatic hydroxyl groups excluding tert-OH is 1. The van der Waals surface area contributed by atoms with Crippen molar-refractivity contribution < 1.29 is 24.2 Å². The van der Waals surface area contributed by atoms with E-state index in [1.807, 2.05) is 12.1 Å². The number of hydrogen-bond acceptors (Lipinski definition) is 7. The van der Waals surface area contributed by atoms with Crippen LogP contribution in [0, 0.1) is 0 Å². The quantitative estimate of drug-likeness (QED) is 0.285. The predicted molar refractivity (Wildman–Crippen MR) is 114 cm³/mol. The molecule has 2 rings (SSSR count). The van der Waals surface area contributed by atoms with E-state index < -0.39 is 18.0 Å². The summed E-state index contributed by atoms with van der Waals surface area (Å²) < 4.78 is 10.1. The van der Waals surface area contributed by atoms with E-state index in [-0.39, 0.29) is 28.2 Å². The van der Waals surface area contributed by atoms with Crippen molar-refractivity contribution in [2.75, 3.05) is 25.5 Å². The molecule has 1 amide bonds. The average molecular weight is 456 g/mol. The zero-order valence-electron chi connectivity index (χ0n) is 16.4. The van der Waals surface area contributed by atoms with Gasteiger partial charge in [0.05, 0.1) is 23.0 Å². The Kier molecular flexibility index (Phi) is 9.16. The number of nitrogen functional groups attached to an aromatic ring is 1. The molecule has 0 aliphatic heterocycles. The highest BCUT2D eigenvalue weighted by atomic mass is 35.5. The van der Waals surface area contributed by atoms with Crippen molar-refractivity contribution in [1.82, 2.24) is 10.3 Å². The van der Waals surface area contributed by atoms with Crippen molar-refractivity contribution in [3.63, 3.8) is 0 Å². The predicted octanol–water partition coefficient (Wildman–Crippen LogP) is 2.69. The topological polar surface area (TPSA) is 124 Å². The summed E-state index contributed by atoms with van der Waals surface area (Å²) in [5.74, 6) is -0.461. The first-order valence-corrected chi connectivity index (χ1v) is 10.0. The largest absolute Gasteiger partial charge is 0.482 e. The fraction of sp³-hybridized carbons (Fsp3) is 0.350. The fourth-order valence-electron chi connectivity index (χ4n) is 2.48. The highest BCUT2D eigenvalue weighted by Crippen LogP contribution is 2.28. The number of esters is 1. The van der Waals surface area contributed by atoms with E-state index in [4.69, 9.17) is 38.4 Å². The molecule has 0 spiro atoms. The number of carbonyl (C=O) groups excluding carboxylic acids is 2. The maximum absolute atomic E-state index is 12.1. The Balaban J connectivity index is 1.75. The van der Waals surface area contributed by atoms with Crippen molar-refractivity contribution in [2.24, 2.45) is 0 Å². The zero-order valence-corrected chi connectivity index (χ0v) is 17.9. The lowest BCUT2D eigenvalue weighted by molar-refractivity contribution is -0.145. The summed E-state index contributed by atoms with van der Waals surface area (Å²) in [6.45, 7) is 2.26. The van der Waals surface area contributed by atoms with Crippen LogP contribution >= 0.6 is 23.2 Å². The van der Waals surface area contributed by atoms with E-state index >= 15 is 0 Å². The molecule has 162 valence electrons. The van der Waals surface area contributed by atoms with Crippen molar-refractivity contribution in [3.05, 3.63) is 51.8 Å². The highest BCUT2D eigenvalue weighted by molar-refractivity contribution is 6.38. The summed E-state index contributed by atoms with van der Waals surface area (Å²) in [6.07, 6.45) is -0.152. The van der Waals surface area contributed by atoms with Crippen LogP contribution in [0.4, 0.5) is 5.69 Å². The number of aryl methyl sites for hydroxylation is 1. The molecular formula is C20H23Cl2N3O5. The van der Waals surface area contributed by atoms with Gasteiger partial charge >= 0.3 is 5.97 Å². The number of carbonyl (C=O) groups is 2. The van der Waals surface area contributed by atoms with Crippen LogP contribution in [-0.2, 0) is 20.7 Å². The molecule has 30 heavy (non-hydrogen) atoms. The van der Waals surface area contributed by atoms with E-state index in [0.717, 1.165) is 5.56 Å². The van der Waals surface area contributed by atoms with E-state index in [1.54, 1.807) is 19.1 Å². The van der Waals surface area contributed by atoms with Gasteiger partial charge in [-0.25, -0.2) is 9.78 Å². The first-order chi connectivity index (χ1) is 14.3. The Morgan fingerprint density at radius 3 is 2.60 bits per heavy atom. The molecule has 4 N–H and O–H groups in total. The van der Waals surface area contributed by atoms with Gasteiger partial charge in [0.15, 0.2) is 17.9 Å². The second kappa shape index (κ2) is 11.6. The van der Waals surface area contributed by atoms with Crippen molar-refractivity contribution >= 4 is 40.8 Å². The summed E-state index contributed by atoms with van der Waals surface area (Å²) in [5.41, 5.74) is 6.74. The molecule has 1 aromatic heterocycles. The number of nitrogens with one attached hydrogen (secondary N) is 1. The van der Waals surface area contributed by atoms with Gasteiger partial charge in [-0.05, 0) is 43.5 Å². The van der Waals surface area contributed by atoms with Gasteiger partial charge in [0, 0.05) is 6.54 Å². The van der Waals surface area contributed by atoms with Crippen LogP contribution in [0.5, 0.6) is 5.75 Å². The molecule has 1 aromatic carbocycles. The van der Waals surface area contributed by atoms with Gasteiger partial charge in [-0.1, -0.05) is 35.3 Å². The van der Waals surface area contributed by atoms with Gasteiger partial charge in [0.25, 0.3) is 5.91 Å². The minimum atomic E-state index is -1.50. The summed E-state index contributed by atoms with van der Waals surface area (Å²) in [7, 11) is 0. The summed E-state index contributed by atoms with van der Waals surface area (Å²) in [6, 6.07) is 8.58. The minimum Gasteiger partial charge on any atom is -0.482 e. The van der Waals surface area contributed by atoms with E-state index in [9.17, 15) is 14.7 Å².